The van der Waals surface area contributed by atoms with Gasteiger partial charge in [-0.25, -0.2) is 4.79 Å². The summed E-state index contributed by atoms with van der Waals surface area (Å²) >= 11 is 0. The van der Waals surface area contributed by atoms with E-state index in [1.165, 1.54) is 13.4 Å². The Morgan fingerprint density at radius 1 is 1.41 bits per heavy atom. The second-order valence-corrected chi connectivity index (χ2v) is 3.30. The van der Waals surface area contributed by atoms with Crippen molar-refractivity contribution >= 4 is 5.97 Å². The minimum Gasteiger partial charge on any atom is -0.463 e. The fraction of sp³-hybridized carbons (Fsp3) is 0.545. The van der Waals surface area contributed by atoms with Gasteiger partial charge in [0.25, 0.3) is 0 Å². The van der Waals surface area contributed by atoms with E-state index in [2.05, 4.69) is 10.1 Å². The highest BCUT2D eigenvalue weighted by Gasteiger charge is 2.15. The summed E-state index contributed by atoms with van der Waals surface area (Å²) in [7, 11) is 4.44. The number of carbonyl (C=O) groups is 1. The van der Waals surface area contributed by atoms with Gasteiger partial charge >= 0.3 is 5.97 Å². The number of esters is 1. The van der Waals surface area contributed by atoms with Crippen molar-refractivity contribution in [3.05, 3.63) is 23.7 Å². The zero-order valence-electron chi connectivity index (χ0n) is 10.2. The van der Waals surface area contributed by atoms with Gasteiger partial charge < -0.3 is 23.9 Å². The van der Waals surface area contributed by atoms with Crippen LogP contribution in [0.25, 0.3) is 0 Å². The number of hydrogen-bond acceptors (Lipinski definition) is 6. The maximum atomic E-state index is 11.3. The summed E-state index contributed by atoms with van der Waals surface area (Å²) in [5.74, 6) is -0.270. The third-order valence-electron chi connectivity index (χ3n) is 2.27. The van der Waals surface area contributed by atoms with Gasteiger partial charge in [0.15, 0.2) is 6.29 Å². The molecule has 0 saturated carbocycles. The normalized spacial score (nSPS) is 10.8. The molecule has 96 valence electrons. The van der Waals surface area contributed by atoms with Gasteiger partial charge in [0.1, 0.15) is 0 Å². The third-order valence-corrected chi connectivity index (χ3v) is 2.27. The van der Waals surface area contributed by atoms with Crippen LogP contribution in [0.4, 0.5) is 0 Å². The molecule has 0 atom stereocenters. The van der Waals surface area contributed by atoms with Crippen molar-refractivity contribution in [2.24, 2.45) is 0 Å². The van der Waals surface area contributed by atoms with E-state index in [-0.39, 0.29) is 12.1 Å². The Morgan fingerprint density at radius 2 is 2.12 bits per heavy atom. The first kappa shape index (κ1) is 13.7. The molecule has 0 unspecified atom stereocenters. The fourth-order valence-electron chi connectivity index (χ4n) is 1.33. The van der Waals surface area contributed by atoms with Gasteiger partial charge in [-0.3, -0.25) is 0 Å². The van der Waals surface area contributed by atoms with Crippen LogP contribution in [0.1, 0.15) is 16.1 Å². The minimum atomic E-state index is -0.484. The number of furan rings is 1. The van der Waals surface area contributed by atoms with Crippen LogP contribution in [-0.2, 0) is 20.8 Å². The van der Waals surface area contributed by atoms with Crippen LogP contribution < -0.4 is 5.32 Å². The largest absolute Gasteiger partial charge is 0.463 e. The maximum absolute atomic E-state index is 11.3. The van der Waals surface area contributed by atoms with Gasteiger partial charge in [0.05, 0.1) is 13.4 Å². The number of hydrogen-bond donors (Lipinski definition) is 1. The predicted octanol–water partition coefficient (Wildman–Crippen LogP) is 0.775. The van der Waals surface area contributed by atoms with Crippen molar-refractivity contribution in [2.45, 2.75) is 12.8 Å². The van der Waals surface area contributed by atoms with Crippen LogP contribution in [0.2, 0.25) is 0 Å². The van der Waals surface area contributed by atoms with Crippen molar-refractivity contribution in [1.29, 1.82) is 0 Å². The number of rotatable bonds is 7. The lowest BCUT2D eigenvalue weighted by molar-refractivity contribution is -0.0989. The van der Waals surface area contributed by atoms with Gasteiger partial charge in [-0.05, 0) is 6.07 Å². The Morgan fingerprint density at radius 3 is 2.71 bits per heavy atom. The molecule has 17 heavy (non-hydrogen) atoms. The van der Waals surface area contributed by atoms with Gasteiger partial charge in [-0.2, -0.15) is 0 Å². The van der Waals surface area contributed by atoms with E-state index in [0.717, 1.165) is 5.56 Å². The molecule has 6 nitrogen and oxygen atoms in total. The molecule has 0 saturated heterocycles. The summed E-state index contributed by atoms with van der Waals surface area (Å²) in [5.41, 5.74) is 0.739. The molecule has 0 radical (unpaired) electrons. The molecule has 0 aromatic carbocycles. The highest BCUT2D eigenvalue weighted by atomic mass is 16.7. The Balaban J connectivity index is 2.47. The maximum Gasteiger partial charge on any atom is 0.374 e. The van der Waals surface area contributed by atoms with Gasteiger partial charge in [-0.1, -0.05) is 0 Å². The van der Waals surface area contributed by atoms with Crippen molar-refractivity contribution < 1.29 is 23.4 Å². The first-order valence-electron chi connectivity index (χ1n) is 5.14. The highest BCUT2D eigenvalue weighted by molar-refractivity contribution is 5.87. The van der Waals surface area contributed by atoms with Gasteiger partial charge in [0, 0.05) is 32.9 Å². The van der Waals surface area contributed by atoms with Gasteiger partial charge in [-0.15, -0.1) is 0 Å². The van der Waals surface area contributed by atoms with Crippen LogP contribution in [0, 0.1) is 0 Å². The molecule has 1 rings (SSSR count). The minimum absolute atomic E-state index is 0.214. The summed E-state index contributed by atoms with van der Waals surface area (Å²) in [5, 5.41) is 3.09. The Kier molecular flexibility index (Phi) is 5.68. The molecular formula is C11H17NO5. The second-order valence-electron chi connectivity index (χ2n) is 3.30. The molecule has 1 heterocycles. The number of methoxy groups -OCH3 is 3. The monoisotopic (exact) mass is 243 g/mol. The van der Waals surface area contributed by atoms with Crippen LogP contribution in [0.15, 0.2) is 16.7 Å². The smallest absolute Gasteiger partial charge is 0.374 e. The third kappa shape index (κ3) is 3.85. The quantitative estimate of drug-likeness (QED) is 0.563. The van der Waals surface area contributed by atoms with E-state index in [9.17, 15) is 4.79 Å². The number of carbonyl (C=O) groups excluding carboxylic acids is 1. The molecule has 1 aromatic heterocycles. The molecule has 6 heteroatoms. The molecule has 1 N–H and O–H groups in total. The first-order chi connectivity index (χ1) is 8.22. The van der Waals surface area contributed by atoms with E-state index < -0.39 is 5.97 Å². The average molecular weight is 243 g/mol. The predicted molar refractivity (Wildman–Crippen MR) is 59.6 cm³/mol. The Hall–Kier alpha value is -1.37. The summed E-state index contributed by atoms with van der Waals surface area (Å²) in [4.78, 5) is 11.3. The van der Waals surface area contributed by atoms with E-state index in [0.29, 0.717) is 13.1 Å². The highest BCUT2D eigenvalue weighted by Crippen LogP contribution is 2.11. The van der Waals surface area contributed by atoms with Crippen LogP contribution in [-0.4, -0.2) is 40.1 Å². The summed E-state index contributed by atoms with van der Waals surface area (Å²) in [6, 6.07) is 1.72. The first-order valence-corrected chi connectivity index (χ1v) is 5.14. The van der Waals surface area contributed by atoms with Crippen LogP contribution >= 0.6 is 0 Å². The lowest BCUT2D eigenvalue weighted by Gasteiger charge is -2.13. The molecule has 1 aromatic rings. The summed E-state index contributed by atoms with van der Waals surface area (Å²) in [6.45, 7) is 0.989. The van der Waals surface area contributed by atoms with Crippen molar-refractivity contribution in [3.8, 4) is 0 Å². The zero-order chi connectivity index (χ0) is 12.7. The standard InChI is InChI=1S/C11H17NO5/c1-14-9(15-2)7-12-6-8-4-5-17-10(8)11(13)16-3/h4-5,9,12H,6-7H2,1-3H3. The Labute approximate surface area is 99.8 Å². The lowest BCUT2D eigenvalue weighted by atomic mass is 10.2. The molecule has 0 aliphatic rings. The molecular weight excluding hydrogens is 226 g/mol. The summed E-state index contributed by atoms with van der Waals surface area (Å²) in [6.07, 6.45) is 1.14. The Bertz CT molecular complexity index is 345. The van der Waals surface area contributed by atoms with E-state index in [1.807, 2.05) is 0 Å². The molecule has 0 amide bonds. The second kappa shape index (κ2) is 7.05. The molecule has 0 spiro atoms. The lowest BCUT2D eigenvalue weighted by Crippen LogP contribution is -2.29. The van der Waals surface area contributed by atoms with E-state index in [1.54, 1.807) is 20.3 Å². The number of nitrogens with one attached hydrogen (secondary N) is 1. The fourth-order valence-corrected chi connectivity index (χ4v) is 1.33. The van der Waals surface area contributed by atoms with Crippen LogP contribution in [0.3, 0.4) is 0 Å². The SMILES string of the molecule is COC(=O)c1occc1CNCC(OC)OC. The molecule has 0 fully saturated rings. The zero-order valence-corrected chi connectivity index (χ0v) is 10.2. The molecule has 0 aliphatic carbocycles. The van der Waals surface area contributed by atoms with Crippen molar-refractivity contribution in [3.63, 3.8) is 0 Å². The molecule has 0 aliphatic heterocycles. The summed E-state index contributed by atoms with van der Waals surface area (Å²) < 4.78 is 19.7. The van der Waals surface area contributed by atoms with Crippen LogP contribution in [0.5, 0.6) is 0 Å². The van der Waals surface area contributed by atoms with Gasteiger partial charge in [0.2, 0.25) is 5.76 Å². The average Bonchev–Trinajstić information content (AvgIpc) is 2.82. The van der Waals surface area contributed by atoms with Crippen molar-refractivity contribution in [2.75, 3.05) is 27.9 Å². The van der Waals surface area contributed by atoms with Crippen molar-refractivity contribution in [1.82, 2.24) is 5.32 Å². The van der Waals surface area contributed by atoms with E-state index >= 15 is 0 Å². The molecule has 0 bridgehead atoms. The topological polar surface area (TPSA) is 69.9 Å². The number of ether oxygens (including phenoxy) is 3. The van der Waals surface area contributed by atoms with E-state index in [4.69, 9.17) is 13.9 Å².